The second-order valence-electron chi connectivity index (χ2n) is 3.60. The van der Waals surface area contributed by atoms with Crippen molar-refractivity contribution in [3.05, 3.63) is 35.4 Å². The van der Waals surface area contributed by atoms with Gasteiger partial charge in [-0.2, -0.15) is 0 Å². The number of rotatable bonds is 5. The molecule has 2 amide bonds. The lowest BCUT2D eigenvalue weighted by Gasteiger charge is -2.08. The molecule has 1 rings (SSSR count). The third-order valence-corrected chi connectivity index (χ3v) is 2.41. The van der Waals surface area contributed by atoms with Gasteiger partial charge in [-0.3, -0.25) is 9.59 Å². The van der Waals surface area contributed by atoms with E-state index >= 15 is 0 Å². The molecule has 0 aromatic heterocycles. The number of hydrogen-bond donors (Lipinski definition) is 3. The molecule has 0 atom stereocenters. The first-order chi connectivity index (χ1) is 8.17. The lowest BCUT2D eigenvalue weighted by atomic mass is 10.0. The molecule has 5 heteroatoms. The Labute approximate surface area is 100 Å². The summed E-state index contributed by atoms with van der Waals surface area (Å²) in [4.78, 5) is 22.5. The summed E-state index contributed by atoms with van der Waals surface area (Å²) in [7, 11) is 1.53. The summed E-state index contributed by atoms with van der Waals surface area (Å²) in [6.45, 7) is 0.402. The van der Waals surface area contributed by atoms with Gasteiger partial charge in [0.1, 0.15) is 0 Å². The SMILES string of the molecule is CNC(=O)CNC(=O)Cc1ccccc1CN. The van der Waals surface area contributed by atoms with E-state index in [0.29, 0.717) is 6.54 Å². The van der Waals surface area contributed by atoms with Crippen molar-refractivity contribution >= 4 is 11.8 Å². The average Bonchev–Trinajstić information content (AvgIpc) is 2.36. The van der Waals surface area contributed by atoms with E-state index in [0.717, 1.165) is 11.1 Å². The molecule has 0 aliphatic rings. The molecule has 0 aliphatic carbocycles. The minimum Gasteiger partial charge on any atom is -0.358 e. The number of hydrogen-bond acceptors (Lipinski definition) is 3. The molecule has 0 unspecified atom stereocenters. The molecule has 4 N–H and O–H groups in total. The van der Waals surface area contributed by atoms with E-state index in [1.165, 1.54) is 7.05 Å². The number of carbonyl (C=O) groups excluding carboxylic acids is 2. The Bertz CT molecular complexity index is 404. The molecule has 0 radical (unpaired) electrons. The predicted octanol–water partition coefficient (Wildman–Crippen LogP) is -0.450. The summed E-state index contributed by atoms with van der Waals surface area (Å²) in [5.74, 6) is -0.403. The van der Waals surface area contributed by atoms with Crippen LogP contribution in [0.25, 0.3) is 0 Å². The quantitative estimate of drug-likeness (QED) is 0.646. The van der Waals surface area contributed by atoms with Crippen LogP contribution in [0, 0.1) is 0 Å². The molecule has 0 bridgehead atoms. The summed E-state index contributed by atoms with van der Waals surface area (Å²) >= 11 is 0. The van der Waals surface area contributed by atoms with E-state index in [1.807, 2.05) is 24.3 Å². The number of benzene rings is 1. The standard InChI is InChI=1S/C12H17N3O2/c1-14-12(17)8-15-11(16)6-9-4-2-3-5-10(9)7-13/h2-5H,6-8,13H2,1H3,(H,14,17)(H,15,16). The molecule has 1 aromatic carbocycles. The molecule has 0 spiro atoms. The Morgan fingerprint density at radius 2 is 1.82 bits per heavy atom. The Morgan fingerprint density at radius 1 is 1.18 bits per heavy atom. The maximum absolute atomic E-state index is 11.6. The maximum Gasteiger partial charge on any atom is 0.239 e. The molecular weight excluding hydrogens is 218 g/mol. The second-order valence-corrected chi connectivity index (χ2v) is 3.60. The first-order valence-corrected chi connectivity index (χ1v) is 5.41. The van der Waals surface area contributed by atoms with E-state index in [4.69, 9.17) is 5.73 Å². The van der Waals surface area contributed by atoms with Crippen molar-refractivity contribution in [2.24, 2.45) is 5.73 Å². The van der Waals surface area contributed by atoms with Crippen molar-refractivity contribution in [3.8, 4) is 0 Å². The highest BCUT2D eigenvalue weighted by Crippen LogP contribution is 2.08. The molecule has 17 heavy (non-hydrogen) atoms. The fourth-order valence-electron chi connectivity index (χ4n) is 1.43. The maximum atomic E-state index is 11.6. The molecule has 92 valence electrons. The minimum absolute atomic E-state index is 0.000124. The fourth-order valence-corrected chi connectivity index (χ4v) is 1.43. The third-order valence-electron chi connectivity index (χ3n) is 2.41. The summed E-state index contributed by atoms with van der Waals surface area (Å²) in [6, 6.07) is 7.50. The van der Waals surface area contributed by atoms with E-state index in [-0.39, 0.29) is 24.8 Å². The molecule has 0 fully saturated rings. The molecule has 0 saturated carbocycles. The summed E-state index contributed by atoms with van der Waals surface area (Å²) in [5, 5.41) is 4.97. The third kappa shape index (κ3) is 4.24. The number of carbonyl (C=O) groups is 2. The molecule has 0 aliphatic heterocycles. The highest BCUT2D eigenvalue weighted by atomic mass is 16.2. The van der Waals surface area contributed by atoms with Crippen molar-refractivity contribution in [1.29, 1.82) is 0 Å². The van der Waals surface area contributed by atoms with Crippen LogP contribution in [0.1, 0.15) is 11.1 Å². The molecule has 0 heterocycles. The Hall–Kier alpha value is -1.88. The van der Waals surface area contributed by atoms with Crippen LogP contribution in [0.5, 0.6) is 0 Å². The Morgan fingerprint density at radius 3 is 2.41 bits per heavy atom. The summed E-state index contributed by atoms with van der Waals surface area (Å²) in [5.41, 5.74) is 7.41. The van der Waals surface area contributed by atoms with E-state index < -0.39 is 0 Å². The highest BCUT2D eigenvalue weighted by molar-refractivity contribution is 5.85. The summed E-state index contributed by atoms with van der Waals surface area (Å²) in [6.07, 6.45) is 0.240. The lowest BCUT2D eigenvalue weighted by molar-refractivity contribution is -0.125. The van der Waals surface area contributed by atoms with Gasteiger partial charge in [0.25, 0.3) is 0 Å². The van der Waals surface area contributed by atoms with E-state index in [2.05, 4.69) is 10.6 Å². The van der Waals surface area contributed by atoms with Crippen molar-refractivity contribution in [1.82, 2.24) is 10.6 Å². The Kier molecular flexibility index (Phi) is 5.16. The highest BCUT2D eigenvalue weighted by Gasteiger charge is 2.07. The first kappa shape index (κ1) is 13.2. The van der Waals surface area contributed by atoms with Crippen LogP contribution in [-0.2, 0) is 22.6 Å². The zero-order valence-electron chi connectivity index (χ0n) is 9.82. The topological polar surface area (TPSA) is 84.2 Å². The van der Waals surface area contributed by atoms with Gasteiger partial charge in [-0.25, -0.2) is 0 Å². The lowest BCUT2D eigenvalue weighted by Crippen LogP contribution is -2.36. The largest absolute Gasteiger partial charge is 0.358 e. The van der Waals surface area contributed by atoms with Crippen LogP contribution in [-0.4, -0.2) is 25.4 Å². The predicted molar refractivity (Wildman–Crippen MR) is 65.1 cm³/mol. The molecular formula is C12H17N3O2. The summed E-state index contributed by atoms with van der Waals surface area (Å²) < 4.78 is 0. The van der Waals surface area contributed by atoms with Gasteiger partial charge in [0.05, 0.1) is 13.0 Å². The number of likely N-dealkylation sites (N-methyl/N-ethyl adjacent to an activating group) is 1. The van der Waals surface area contributed by atoms with Crippen LogP contribution in [0.15, 0.2) is 24.3 Å². The average molecular weight is 235 g/mol. The van der Waals surface area contributed by atoms with Crippen molar-refractivity contribution < 1.29 is 9.59 Å². The van der Waals surface area contributed by atoms with Gasteiger partial charge in [-0.05, 0) is 11.1 Å². The number of nitrogens with two attached hydrogens (primary N) is 1. The first-order valence-electron chi connectivity index (χ1n) is 5.41. The van der Waals surface area contributed by atoms with Crippen LogP contribution in [0.4, 0.5) is 0 Å². The van der Waals surface area contributed by atoms with E-state index in [1.54, 1.807) is 0 Å². The fraction of sp³-hybridized carbons (Fsp3) is 0.333. The zero-order chi connectivity index (χ0) is 12.7. The molecule has 1 aromatic rings. The van der Waals surface area contributed by atoms with Crippen LogP contribution < -0.4 is 16.4 Å². The monoisotopic (exact) mass is 235 g/mol. The van der Waals surface area contributed by atoms with Gasteiger partial charge < -0.3 is 16.4 Å². The van der Waals surface area contributed by atoms with Gasteiger partial charge in [-0.15, -0.1) is 0 Å². The van der Waals surface area contributed by atoms with Gasteiger partial charge >= 0.3 is 0 Å². The number of nitrogens with one attached hydrogen (secondary N) is 2. The van der Waals surface area contributed by atoms with Crippen molar-refractivity contribution in [2.45, 2.75) is 13.0 Å². The van der Waals surface area contributed by atoms with Gasteiger partial charge in [-0.1, -0.05) is 24.3 Å². The van der Waals surface area contributed by atoms with Crippen molar-refractivity contribution in [3.63, 3.8) is 0 Å². The normalized spacial score (nSPS) is 9.76. The smallest absolute Gasteiger partial charge is 0.239 e. The van der Waals surface area contributed by atoms with Gasteiger partial charge in [0.2, 0.25) is 11.8 Å². The minimum atomic E-state index is -0.217. The molecule has 0 saturated heterocycles. The number of amides is 2. The zero-order valence-corrected chi connectivity index (χ0v) is 9.82. The van der Waals surface area contributed by atoms with Crippen LogP contribution >= 0.6 is 0 Å². The van der Waals surface area contributed by atoms with E-state index in [9.17, 15) is 9.59 Å². The Balaban J connectivity index is 2.53. The van der Waals surface area contributed by atoms with Gasteiger partial charge in [0.15, 0.2) is 0 Å². The van der Waals surface area contributed by atoms with Crippen molar-refractivity contribution in [2.75, 3.05) is 13.6 Å². The molecule has 5 nitrogen and oxygen atoms in total. The second kappa shape index (κ2) is 6.65. The van der Waals surface area contributed by atoms with Crippen LogP contribution in [0.2, 0.25) is 0 Å². The van der Waals surface area contributed by atoms with Crippen LogP contribution in [0.3, 0.4) is 0 Å². The van der Waals surface area contributed by atoms with Gasteiger partial charge in [0, 0.05) is 13.6 Å².